The Kier molecular flexibility index (Phi) is 6.51. The van der Waals surface area contributed by atoms with Crippen molar-refractivity contribution in [3.05, 3.63) is 46.7 Å². The molecule has 1 aromatic carbocycles. The maximum Gasteiger partial charge on any atom is 0.315 e. The maximum atomic E-state index is 11.7. The van der Waals surface area contributed by atoms with Gasteiger partial charge in [0, 0.05) is 24.5 Å². The molecular formula is C22H27ClO6S. The summed E-state index contributed by atoms with van der Waals surface area (Å²) < 4.78 is 35.5. The molecular weight excluding hydrogens is 428 g/mol. The molecule has 0 bridgehead atoms. The Morgan fingerprint density at radius 1 is 1.33 bits per heavy atom. The van der Waals surface area contributed by atoms with E-state index in [-0.39, 0.29) is 21.3 Å². The van der Waals surface area contributed by atoms with Crippen LogP contribution in [0.25, 0.3) is 0 Å². The van der Waals surface area contributed by atoms with Gasteiger partial charge in [-0.05, 0) is 42.2 Å². The van der Waals surface area contributed by atoms with Crippen LogP contribution in [0.1, 0.15) is 44.6 Å². The molecule has 6 nitrogen and oxygen atoms in total. The van der Waals surface area contributed by atoms with Crippen LogP contribution in [0.3, 0.4) is 0 Å². The third-order valence-electron chi connectivity index (χ3n) is 5.50. The predicted octanol–water partition coefficient (Wildman–Crippen LogP) is 4.19. The van der Waals surface area contributed by atoms with Crippen molar-refractivity contribution in [2.75, 3.05) is 19.5 Å². The third kappa shape index (κ3) is 5.34. The molecule has 2 fully saturated rings. The van der Waals surface area contributed by atoms with E-state index in [9.17, 15) is 18.3 Å². The summed E-state index contributed by atoms with van der Waals surface area (Å²) in [5.74, 6) is -2.40. The first-order valence-corrected chi connectivity index (χ1v) is 12.1. The molecule has 1 heterocycles. The van der Waals surface area contributed by atoms with Gasteiger partial charge in [0.05, 0.1) is 23.1 Å². The maximum absolute atomic E-state index is 11.7. The van der Waals surface area contributed by atoms with Gasteiger partial charge in [0.1, 0.15) is 5.92 Å². The molecule has 3 rings (SSSR count). The first-order valence-electron chi connectivity index (χ1n) is 9.84. The zero-order valence-electron chi connectivity index (χ0n) is 17.4. The molecule has 1 N–H and O–H groups in total. The number of rotatable bonds is 5. The molecule has 0 aromatic heterocycles. The van der Waals surface area contributed by atoms with Gasteiger partial charge in [-0.25, -0.2) is 8.42 Å². The summed E-state index contributed by atoms with van der Waals surface area (Å²) >= 11 is 6.06. The van der Waals surface area contributed by atoms with E-state index in [4.69, 9.17) is 21.1 Å². The Bertz CT molecular complexity index is 981. The number of sulfone groups is 1. The number of hydrogen-bond acceptors (Lipinski definition) is 5. The quantitative estimate of drug-likeness (QED) is 0.671. The van der Waals surface area contributed by atoms with E-state index in [2.05, 4.69) is 19.6 Å². The van der Waals surface area contributed by atoms with Gasteiger partial charge in [-0.15, -0.1) is 5.73 Å². The van der Waals surface area contributed by atoms with Crippen LogP contribution < -0.4 is 0 Å². The predicted molar refractivity (Wildman–Crippen MR) is 113 cm³/mol. The molecule has 1 aromatic rings. The van der Waals surface area contributed by atoms with Crippen LogP contribution >= 0.6 is 11.6 Å². The topological polar surface area (TPSA) is 89.9 Å². The minimum Gasteiger partial charge on any atom is -0.481 e. The van der Waals surface area contributed by atoms with Crippen molar-refractivity contribution in [3.8, 4) is 0 Å². The highest BCUT2D eigenvalue weighted by atomic mass is 35.5. The number of carboxylic acid groups (broad SMARTS) is 1. The minimum absolute atomic E-state index is 0.00545. The van der Waals surface area contributed by atoms with Crippen LogP contribution in [0.4, 0.5) is 0 Å². The van der Waals surface area contributed by atoms with Crippen molar-refractivity contribution in [2.45, 2.75) is 49.7 Å². The number of aliphatic carboxylic acids is 1. The molecule has 30 heavy (non-hydrogen) atoms. The van der Waals surface area contributed by atoms with E-state index in [0.29, 0.717) is 18.8 Å². The lowest BCUT2D eigenvalue weighted by Gasteiger charge is -2.41. The molecule has 1 spiro atoms. The Labute approximate surface area is 182 Å². The highest BCUT2D eigenvalue weighted by Gasteiger charge is 2.45. The van der Waals surface area contributed by atoms with Crippen molar-refractivity contribution in [3.63, 3.8) is 0 Å². The normalized spacial score (nSPS) is 23.5. The van der Waals surface area contributed by atoms with Crippen molar-refractivity contribution in [1.82, 2.24) is 0 Å². The molecule has 1 saturated heterocycles. The second-order valence-electron chi connectivity index (χ2n) is 8.93. The minimum atomic E-state index is -3.48. The van der Waals surface area contributed by atoms with Gasteiger partial charge in [0.2, 0.25) is 0 Å². The number of halogens is 1. The van der Waals surface area contributed by atoms with Gasteiger partial charge in [-0.1, -0.05) is 31.5 Å². The van der Waals surface area contributed by atoms with Crippen LogP contribution in [-0.2, 0) is 24.1 Å². The van der Waals surface area contributed by atoms with Crippen molar-refractivity contribution < 1.29 is 27.8 Å². The molecule has 2 aliphatic rings. The third-order valence-corrected chi connectivity index (χ3v) is 7.08. The van der Waals surface area contributed by atoms with Crippen LogP contribution in [0.15, 0.2) is 41.0 Å². The van der Waals surface area contributed by atoms with Crippen molar-refractivity contribution in [1.29, 1.82) is 0 Å². The van der Waals surface area contributed by atoms with Crippen LogP contribution in [-0.4, -0.2) is 44.8 Å². The zero-order chi connectivity index (χ0) is 22.2. The lowest BCUT2D eigenvalue weighted by molar-refractivity contribution is -0.295. The highest BCUT2D eigenvalue weighted by Crippen LogP contribution is 2.43. The summed E-state index contributed by atoms with van der Waals surface area (Å²) in [6.07, 6.45) is 6.79. The average Bonchev–Trinajstić information content (AvgIpc) is 3.03. The molecule has 1 aliphatic carbocycles. The molecule has 0 amide bonds. The molecule has 8 heteroatoms. The van der Waals surface area contributed by atoms with E-state index in [1.807, 2.05) is 6.08 Å². The molecule has 164 valence electrons. The Balaban J connectivity index is 1.72. The Morgan fingerprint density at radius 2 is 2.00 bits per heavy atom. The fourth-order valence-corrected chi connectivity index (χ4v) is 5.10. The fraction of sp³-hybridized carbons (Fsp3) is 0.545. The molecule has 2 atom stereocenters. The van der Waals surface area contributed by atoms with Gasteiger partial charge >= 0.3 is 5.97 Å². The van der Waals surface area contributed by atoms with Gasteiger partial charge in [0.15, 0.2) is 15.6 Å². The SMILES string of the molecule is CC1(C)COC2(CC[C@H](C=C=CC(C(=O)O)c3ccc(S(C)(=O)=O)c(Cl)c3)C2)OC1. The largest absolute Gasteiger partial charge is 0.481 e. The van der Waals surface area contributed by atoms with Crippen LogP contribution in [0.2, 0.25) is 5.02 Å². The molecule has 1 aliphatic heterocycles. The van der Waals surface area contributed by atoms with Crippen molar-refractivity contribution >= 4 is 27.4 Å². The first kappa shape index (κ1) is 23.0. The smallest absolute Gasteiger partial charge is 0.315 e. The second kappa shape index (κ2) is 8.48. The van der Waals surface area contributed by atoms with Gasteiger partial charge in [-0.3, -0.25) is 4.79 Å². The summed E-state index contributed by atoms with van der Waals surface area (Å²) in [5.41, 5.74) is 3.42. The van der Waals surface area contributed by atoms with Gasteiger partial charge in [-0.2, -0.15) is 0 Å². The fourth-order valence-electron chi connectivity index (χ4n) is 3.76. The molecule has 1 saturated carbocycles. The highest BCUT2D eigenvalue weighted by molar-refractivity contribution is 7.90. The zero-order valence-corrected chi connectivity index (χ0v) is 18.9. The number of carbonyl (C=O) groups is 1. The lowest BCUT2D eigenvalue weighted by Crippen LogP contribution is -2.45. The number of hydrogen-bond donors (Lipinski definition) is 1. The lowest BCUT2D eigenvalue weighted by atomic mass is 9.94. The second-order valence-corrected chi connectivity index (χ2v) is 11.3. The van der Waals surface area contributed by atoms with E-state index >= 15 is 0 Å². The number of ether oxygens (including phenoxy) is 2. The Morgan fingerprint density at radius 3 is 2.57 bits per heavy atom. The Hall–Kier alpha value is -1.63. The number of benzene rings is 1. The molecule has 0 radical (unpaired) electrons. The van der Waals surface area contributed by atoms with Crippen molar-refractivity contribution in [2.24, 2.45) is 11.3 Å². The summed E-state index contributed by atoms with van der Waals surface area (Å²) in [4.78, 5) is 11.7. The van der Waals surface area contributed by atoms with Gasteiger partial charge < -0.3 is 14.6 Å². The summed E-state index contributed by atoms with van der Waals surface area (Å²) in [5, 5.41) is 9.61. The number of carboxylic acids is 1. The summed E-state index contributed by atoms with van der Waals surface area (Å²) in [6, 6.07) is 4.18. The van der Waals surface area contributed by atoms with E-state index in [1.165, 1.54) is 24.3 Å². The van der Waals surface area contributed by atoms with E-state index < -0.39 is 27.5 Å². The molecule has 1 unspecified atom stereocenters. The first-order chi connectivity index (χ1) is 13.9. The van der Waals surface area contributed by atoms with E-state index in [1.54, 1.807) is 0 Å². The van der Waals surface area contributed by atoms with Gasteiger partial charge in [0.25, 0.3) is 0 Å². The van der Waals surface area contributed by atoms with E-state index in [0.717, 1.165) is 25.5 Å². The van der Waals surface area contributed by atoms with Crippen LogP contribution in [0, 0.1) is 11.3 Å². The summed E-state index contributed by atoms with van der Waals surface area (Å²) in [7, 11) is -3.48. The standard InChI is InChI=1S/C22H27ClO6S/c1-21(2)13-28-22(29-14-21)10-9-15(12-22)5-4-6-17(20(24)25)16-7-8-19(18(23)11-16)30(3,26)27/h5-8,11,15,17H,9-10,12-14H2,1-3H3,(H,24,25)/t4?,15-,17?/m0/s1. The monoisotopic (exact) mass is 454 g/mol. The van der Waals surface area contributed by atoms with Crippen LogP contribution in [0.5, 0.6) is 0 Å². The average molecular weight is 455 g/mol. The summed E-state index contributed by atoms with van der Waals surface area (Å²) in [6.45, 7) is 5.53.